The highest BCUT2D eigenvalue weighted by Crippen LogP contribution is 2.32. The maximum Gasteiger partial charge on any atom is 0.229 e. The number of nitrogens with zero attached hydrogens (tertiary/aromatic N) is 2. The molecule has 0 aliphatic carbocycles. The van der Waals surface area contributed by atoms with E-state index in [1.165, 1.54) is 5.56 Å². The zero-order chi connectivity index (χ0) is 15.0. The Hall–Kier alpha value is -2.02. The highest BCUT2D eigenvalue weighted by atomic mass is 32.2. The number of imidazole rings is 1. The molecule has 0 fully saturated rings. The van der Waals surface area contributed by atoms with Gasteiger partial charge in [-0.3, -0.25) is 4.72 Å². The number of sulfonamides is 1. The van der Waals surface area contributed by atoms with Crippen molar-refractivity contribution in [2.75, 3.05) is 22.4 Å². The minimum Gasteiger partial charge on any atom is -0.365 e. The standard InChI is InChI=1S/C14H18N4O2S/c1-10-15-8-13(16-10)9-18-6-5-11-3-4-12(7-14(11)18)17-21(2,19)20/h3-4,7-8,17H,5-6,9H2,1-2H3,(H,15,16). The molecule has 0 bridgehead atoms. The number of hydrogen-bond acceptors (Lipinski definition) is 4. The van der Waals surface area contributed by atoms with Crippen LogP contribution in [-0.4, -0.2) is 31.2 Å². The largest absolute Gasteiger partial charge is 0.365 e. The van der Waals surface area contributed by atoms with Gasteiger partial charge < -0.3 is 9.88 Å². The molecule has 0 unspecified atom stereocenters. The molecule has 7 heteroatoms. The van der Waals surface area contributed by atoms with Gasteiger partial charge in [-0.1, -0.05) is 6.07 Å². The molecule has 1 aromatic carbocycles. The first-order valence-corrected chi connectivity index (χ1v) is 8.66. The molecular weight excluding hydrogens is 288 g/mol. The summed E-state index contributed by atoms with van der Waals surface area (Å²) in [7, 11) is -3.25. The molecule has 3 rings (SSSR count). The normalized spacial score (nSPS) is 14.3. The predicted molar refractivity (Wildman–Crippen MR) is 83.0 cm³/mol. The van der Waals surface area contributed by atoms with Crippen LogP contribution in [0, 0.1) is 6.92 Å². The zero-order valence-corrected chi connectivity index (χ0v) is 12.9. The highest BCUT2D eigenvalue weighted by molar-refractivity contribution is 7.92. The second kappa shape index (κ2) is 5.07. The van der Waals surface area contributed by atoms with Gasteiger partial charge in [0.25, 0.3) is 0 Å². The van der Waals surface area contributed by atoms with Crippen LogP contribution < -0.4 is 9.62 Å². The van der Waals surface area contributed by atoms with Gasteiger partial charge in [-0.25, -0.2) is 13.4 Å². The summed E-state index contributed by atoms with van der Waals surface area (Å²) in [6.45, 7) is 3.57. The van der Waals surface area contributed by atoms with Crippen molar-refractivity contribution in [3.63, 3.8) is 0 Å². The van der Waals surface area contributed by atoms with Crippen LogP contribution in [0.25, 0.3) is 0 Å². The summed E-state index contributed by atoms with van der Waals surface area (Å²) in [5.74, 6) is 0.900. The van der Waals surface area contributed by atoms with Crippen LogP contribution in [0.2, 0.25) is 0 Å². The third-order valence-corrected chi connectivity index (χ3v) is 4.10. The summed E-state index contributed by atoms with van der Waals surface area (Å²) < 4.78 is 25.2. The van der Waals surface area contributed by atoms with Crippen molar-refractivity contribution in [2.45, 2.75) is 19.9 Å². The van der Waals surface area contributed by atoms with Crippen LogP contribution in [-0.2, 0) is 23.0 Å². The van der Waals surface area contributed by atoms with Gasteiger partial charge in [0.1, 0.15) is 5.82 Å². The summed E-state index contributed by atoms with van der Waals surface area (Å²) in [4.78, 5) is 9.72. The van der Waals surface area contributed by atoms with Crippen molar-refractivity contribution >= 4 is 21.4 Å². The Morgan fingerprint density at radius 1 is 1.43 bits per heavy atom. The number of benzene rings is 1. The number of fused-ring (bicyclic) bond motifs is 1. The smallest absolute Gasteiger partial charge is 0.229 e. The number of hydrogen-bond donors (Lipinski definition) is 2. The van der Waals surface area contributed by atoms with Crippen molar-refractivity contribution < 1.29 is 8.42 Å². The number of aryl methyl sites for hydroxylation is 1. The Morgan fingerprint density at radius 2 is 2.24 bits per heavy atom. The molecular formula is C14H18N4O2S. The van der Waals surface area contributed by atoms with Crippen LogP contribution in [0.3, 0.4) is 0 Å². The molecule has 1 aromatic heterocycles. The van der Waals surface area contributed by atoms with Gasteiger partial charge >= 0.3 is 0 Å². The third kappa shape index (κ3) is 3.18. The molecule has 0 amide bonds. The van der Waals surface area contributed by atoms with E-state index in [1.54, 1.807) is 0 Å². The highest BCUT2D eigenvalue weighted by Gasteiger charge is 2.20. The molecule has 0 saturated carbocycles. The molecule has 112 valence electrons. The second-order valence-electron chi connectivity index (χ2n) is 5.37. The second-order valence-corrected chi connectivity index (χ2v) is 7.11. The maximum absolute atomic E-state index is 11.3. The van der Waals surface area contributed by atoms with Gasteiger partial charge in [-0.05, 0) is 31.0 Å². The van der Waals surface area contributed by atoms with Crippen LogP contribution in [0.4, 0.5) is 11.4 Å². The van der Waals surface area contributed by atoms with E-state index in [0.29, 0.717) is 5.69 Å². The average molecular weight is 306 g/mol. The van der Waals surface area contributed by atoms with E-state index in [4.69, 9.17) is 0 Å². The molecule has 0 spiro atoms. The summed E-state index contributed by atoms with van der Waals surface area (Å²) in [6, 6.07) is 5.68. The van der Waals surface area contributed by atoms with Gasteiger partial charge in [-0.15, -0.1) is 0 Å². The summed E-state index contributed by atoms with van der Waals surface area (Å²) in [5, 5.41) is 0. The number of aromatic nitrogens is 2. The Morgan fingerprint density at radius 3 is 2.90 bits per heavy atom. The molecule has 0 atom stereocenters. The summed E-state index contributed by atoms with van der Waals surface area (Å²) in [5.41, 5.74) is 3.90. The van der Waals surface area contributed by atoms with Crippen molar-refractivity contribution in [2.24, 2.45) is 0 Å². The molecule has 0 radical (unpaired) electrons. The number of nitrogens with one attached hydrogen (secondary N) is 2. The van der Waals surface area contributed by atoms with Crippen LogP contribution in [0.1, 0.15) is 17.1 Å². The minimum atomic E-state index is -3.25. The lowest BCUT2D eigenvalue weighted by Gasteiger charge is -2.19. The van der Waals surface area contributed by atoms with Crippen molar-refractivity contribution in [3.05, 3.63) is 41.5 Å². The van der Waals surface area contributed by atoms with Crippen molar-refractivity contribution in [3.8, 4) is 0 Å². The number of anilines is 2. The fourth-order valence-electron chi connectivity index (χ4n) is 2.63. The van der Waals surface area contributed by atoms with Crippen LogP contribution in [0.5, 0.6) is 0 Å². The van der Waals surface area contributed by atoms with Crippen LogP contribution in [0.15, 0.2) is 24.4 Å². The van der Waals surface area contributed by atoms with Gasteiger partial charge in [0.05, 0.1) is 24.2 Å². The lowest BCUT2D eigenvalue weighted by atomic mass is 10.1. The van der Waals surface area contributed by atoms with E-state index in [-0.39, 0.29) is 0 Å². The zero-order valence-electron chi connectivity index (χ0n) is 12.0. The van der Waals surface area contributed by atoms with E-state index in [0.717, 1.165) is 43.0 Å². The molecule has 0 saturated heterocycles. The Labute approximate surface area is 124 Å². The van der Waals surface area contributed by atoms with E-state index >= 15 is 0 Å². The molecule has 2 aromatic rings. The van der Waals surface area contributed by atoms with E-state index in [9.17, 15) is 8.42 Å². The number of H-pyrrole nitrogens is 1. The topological polar surface area (TPSA) is 78.1 Å². The van der Waals surface area contributed by atoms with Crippen molar-refractivity contribution in [1.29, 1.82) is 0 Å². The number of rotatable bonds is 4. The lowest BCUT2D eigenvalue weighted by Crippen LogP contribution is -2.20. The van der Waals surface area contributed by atoms with Gasteiger partial charge in [0.2, 0.25) is 10.0 Å². The fraction of sp³-hybridized carbons (Fsp3) is 0.357. The average Bonchev–Trinajstić information content (AvgIpc) is 2.95. The Bertz CT molecular complexity index is 767. The van der Waals surface area contributed by atoms with E-state index < -0.39 is 10.0 Å². The number of aromatic amines is 1. The molecule has 21 heavy (non-hydrogen) atoms. The van der Waals surface area contributed by atoms with Gasteiger partial charge in [0.15, 0.2) is 0 Å². The predicted octanol–water partition coefficient (Wildman–Crippen LogP) is 1.65. The molecule has 2 heterocycles. The van der Waals surface area contributed by atoms with E-state index in [1.807, 2.05) is 31.3 Å². The Kier molecular flexibility index (Phi) is 3.36. The lowest BCUT2D eigenvalue weighted by molar-refractivity contribution is 0.607. The van der Waals surface area contributed by atoms with Gasteiger partial charge in [-0.2, -0.15) is 0 Å². The summed E-state index contributed by atoms with van der Waals surface area (Å²) in [6.07, 6.45) is 4.04. The third-order valence-electron chi connectivity index (χ3n) is 3.49. The SMILES string of the molecule is Cc1nc(CN2CCc3ccc(NS(C)(=O)=O)cc32)c[nH]1. The molecule has 2 N–H and O–H groups in total. The maximum atomic E-state index is 11.3. The minimum absolute atomic E-state index is 0.598. The first-order chi connectivity index (χ1) is 9.90. The molecule has 6 nitrogen and oxygen atoms in total. The quantitative estimate of drug-likeness (QED) is 0.900. The first-order valence-electron chi connectivity index (χ1n) is 6.77. The van der Waals surface area contributed by atoms with E-state index in [2.05, 4.69) is 19.6 Å². The van der Waals surface area contributed by atoms with Crippen molar-refractivity contribution in [1.82, 2.24) is 9.97 Å². The molecule has 1 aliphatic heterocycles. The van der Waals surface area contributed by atoms with Crippen LogP contribution >= 0.6 is 0 Å². The summed E-state index contributed by atoms with van der Waals surface area (Å²) >= 11 is 0. The fourth-order valence-corrected chi connectivity index (χ4v) is 3.19. The Balaban J connectivity index is 1.84. The van der Waals surface area contributed by atoms with Gasteiger partial charge in [0, 0.05) is 18.4 Å². The monoisotopic (exact) mass is 306 g/mol. The first kappa shape index (κ1) is 13.9. The molecule has 1 aliphatic rings.